The Kier molecular flexibility index (Phi) is 4.81. The fourth-order valence-electron chi connectivity index (χ4n) is 1.85. The molecule has 0 saturated carbocycles. The maximum atomic E-state index is 8.68. The molecular formula is C16H18O3. The summed E-state index contributed by atoms with van der Waals surface area (Å²) in [4.78, 5) is 0. The minimum atomic E-state index is 0.0353. The average molecular weight is 258 g/mol. The van der Waals surface area contributed by atoms with Crippen molar-refractivity contribution in [1.82, 2.24) is 0 Å². The maximum absolute atomic E-state index is 8.68. The maximum Gasteiger partial charge on any atom is 0.119 e. The first-order chi connectivity index (χ1) is 9.31. The smallest absolute Gasteiger partial charge is 0.119 e. The summed E-state index contributed by atoms with van der Waals surface area (Å²) in [7, 11) is 1.67. The Balaban J connectivity index is 1.98. The van der Waals surface area contributed by atoms with Crippen molar-refractivity contribution in [2.75, 3.05) is 20.3 Å². The fourth-order valence-corrected chi connectivity index (χ4v) is 1.85. The highest BCUT2D eigenvalue weighted by molar-refractivity contribution is 5.33. The Morgan fingerprint density at radius 3 is 1.84 bits per heavy atom. The molecular weight excluding hydrogens is 240 g/mol. The van der Waals surface area contributed by atoms with Crippen LogP contribution in [0.3, 0.4) is 0 Å². The third-order valence-electron chi connectivity index (χ3n) is 2.85. The number of methoxy groups -OCH3 is 1. The number of hydrogen-bond donors (Lipinski definition) is 1. The lowest BCUT2D eigenvalue weighted by Gasteiger charge is -2.06. The molecule has 2 rings (SSSR count). The highest BCUT2D eigenvalue weighted by atomic mass is 16.5. The van der Waals surface area contributed by atoms with Crippen molar-refractivity contribution in [1.29, 1.82) is 0 Å². The molecule has 3 nitrogen and oxygen atoms in total. The van der Waals surface area contributed by atoms with E-state index in [1.807, 2.05) is 36.4 Å². The van der Waals surface area contributed by atoms with Crippen molar-refractivity contribution < 1.29 is 14.6 Å². The van der Waals surface area contributed by atoms with Crippen molar-refractivity contribution >= 4 is 0 Å². The Labute approximate surface area is 113 Å². The van der Waals surface area contributed by atoms with Gasteiger partial charge in [0.05, 0.1) is 13.7 Å². The summed E-state index contributed by atoms with van der Waals surface area (Å²) in [5, 5.41) is 8.68. The number of aliphatic hydroxyl groups excluding tert-OH is 1. The summed E-state index contributed by atoms with van der Waals surface area (Å²) in [5.41, 5.74) is 2.46. The fraction of sp³-hybridized carbons (Fsp3) is 0.250. The molecule has 0 aromatic heterocycles. The lowest BCUT2D eigenvalue weighted by Crippen LogP contribution is -2.01. The van der Waals surface area contributed by atoms with Gasteiger partial charge in [-0.05, 0) is 41.8 Å². The van der Waals surface area contributed by atoms with Crippen LogP contribution in [0.15, 0.2) is 48.5 Å². The van der Waals surface area contributed by atoms with E-state index in [1.165, 1.54) is 11.1 Å². The van der Waals surface area contributed by atoms with Crippen LogP contribution in [0.1, 0.15) is 11.1 Å². The second-order valence-electron chi connectivity index (χ2n) is 4.24. The van der Waals surface area contributed by atoms with Gasteiger partial charge >= 0.3 is 0 Å². The van der Waals surface area contributed by atoms with Gasteiger partial charge in [0.25, 0.3) is 0 Å². The van der Waals surface area contributed by atoms with E-state index < -0.39 is 0 Å². The van der Waals surface area contributed by atoms with Crippen LogP contribution in [0.5, 0.6) is 11.5 Å². The van der Waals surface area contributed by atoms with Gasteiger partial charge in [-0.15, -0.1) is 0 Å². The third kappa shape index (κ3) is 4.00. The Hall–Kier alpha value is -2.00. The number of rotatable bonds is 6. The summed E-state index contributed by atoms with van der Waals surface area (Å²) < 4.78 is 10.5. The molecule has 0 amide bonds. The van der Waals surface area contributed by atoms with Gasteiger partial charge < -0.3 is 14.6 Å². The van der Waals surface area contributed by atoms with Gasteiger partial charge in [-0.25, -0.2) is 0 Å². The van der Waals surface area contributed by atoms with E-state index in [2.05, 4.69) is 12.1 Å². The SMILES string of the molecule is COc1ccc(Cc2ccc(OCCO)cc2)cc1. The molecule has 0 aliphatic carbocycles. The topological polar surface area (TPSA) is 38.7 Å². The molecule has 0 spiro atoms. The zero-order valence-corrected chi connectivity index (χ0v) is 11.0. The van der Waals surface area contributed by atoms with Crippen LogP contribution in [0, 0.1) is 0 Å². The number of benzene rings is 2. The van der Waals surface area contributed by atoms with Crippen molar-refractivity contribution in [3.05, 3.63) is 59.7 Å². The number of ether oxygens (including phenoxy) is 2. The highest BCUT2D eigenvalue weighted by Gasteiger charge is 1.99. The molecule has 0 radical (unpaired) electrons. The summed E-state index contributed by atoms with van der Waals surface area (Å²) in [6.45, 7) is 0.366. The van der Waals surface area contributed by atoms with E-state index in [4.69, 9.17) is 14.6 Å². The van der Waals surface area contributed by atoms with E-state index >= 15 is 0 Å². The molecule has 3 heteroatoms. The second-order valence-corrected chi connectivity index (χ2v) is 4.24. The molecule has 2 aromatic rings. The molecule has 2 aromatic carbocycles. The molecule has 0 fully saturated rings. The van der Waals surface area contributed by atoms with Gasteiger partial charge in [-0.2, -0.15) is 0 Å². The van der Waals surface area contributed by atoms with E-state index in [-0.39, 0.29) is 6.61 Å². The molecule has 0 unspecified atom stereocenters. The Bertz CT molecular complexity index is 488. The quantitative estimate of drug-likeness (QED) is 0.865. The summed E-state index contributed by atoms with van der Waals surface area (Å²) in [6.07, 6.45) is 0.879. The van der Waals surface area contributed by atoms with Crippen molar-refractivity contribution in [3.63, 3.8) is 0 Å². The summed E-state index contributed by atoms with van der Waals surface area (Å²) >= 11 is 0. The van der Waals surface area contributed by atoms with Crippen molar-refractivity contribution in [2.24, 2.45) is 0 Å². The number of aliphatic hydroxyl groups is 1. The lowest BCUT2D eigenvalue weighted by atomic mass is 10.0. The molecule has 1 N–H and O–H groups in total. The monoisotopic (exact) mass is 258 g/mol. The second kappa shape index (κ2) is 6.81. The highest BCUT2D eigenvalue weighted by Crippen LogP contribution is 2.17. The largest absolute Gasteiger partial charge is 0.497 e. The van der Waals surface area contributed by atoms with Gasteiger partial charge in [0.2, 0.25) is 0 Å². The molecule has 0 heterocycles. The third-order valence-corrected chi connectivity index (χ3v) is 2.85. The Morgan fingerprint density at radius 2 is 1.37 bits per heavy atom. The lowest BCUT2D eigenvalue weighted by molar-refractivity contribution is 0.201. The summed E-state index contributed by atoms with van der Waals surface area (Å²) in [5.74, 6) is 1.66. The van der Waals surface area contributed by atoms with E-state index in [1.54, 1.807) is 7.11 Å². The summed E-state index contributed by atoms with van der Waals surface area (Å²) in [6, 6.07) is 16.0. The van der Waals surface area contributed by atoms with Crippen LogP contribution >= 0.6 is 0 Å². The van der Waals surface area contributed by atoms with E-state index in [0.29, 0.717) is 6.61 Å². The van der Waals surface area contributed by atoms with Crippen LogP contribution in [0.25, 0.3) is 0 Å². The van der Waals surface area contributed by atoms with Crippen molar-refractivity contribution in [3.8, 4) is 11.5 Å². The van der Waals surface area contributed by atoms with Gasteiger partial charge in [-0.3, -0.25) is 0 Å². The van der Waals surface area contributed by atoms with Gasteiger partial charge in [0.15, 0.2) is 0 Å². The standard InChI is InChI=1S/C16H18O3/c1-18-15-6-2-13(3-7-15)12-14-4-8-16(9-5-14)19-11-10-17/h2-9,17H,10-12H2,1H3. The van der Waals surface area contributed by atoms with Crippen LogP contribution < -0.4 is 9.47 Å². The molecule has 19 heavy (non-hydrogen) atoms. The molecule has 0 atom stereocenters. The minimum Gasteiger partial charge on any atom is -0.497 e. The first-order valence-corrected chi connectivity index (χ1v) is 6.27. The van der Waals surface area contributed by atoms with Gasteiger partial charge in [-0.1, -0.05) is 24.3 Å². The van der Waals surface area contributed by atoms with Crippen molar-refractivity contribution in [2.45, 2.75) is 6.42 Å². The minimum absolute atomic E-state index is 0.0353. The molecule has 100 valence electrons. The normalized spacial score (nSPS) is 10.2. The van der Waals surface area contributed by atoms with Crippen LogP contribution in [-0.2, 0) is 6.42 Å². The molecule has 0 aliphatic rings. The zero-order valence-electron chi connectivity index (χ0n) is 11.0. The van der Waals surface area contributed by atoms with Gasteiger partial charge in [0, 0.05) is 0 Å². The van der Waals surface area contributed by atoms with E-state index in [0.717, 1.165) is 17.9 Å². The zero-order chi connectivity index (χ0) is 13.5. The first-order valence-electron chi connectivity index (χ1n) is 6.27. The Morgan fingerprint density at radius 1 is 0.842 bits per heavy atom. The predicted molar refractivity (Wildman–Crippen MR) is 74.8 cm³/mol. The van der Waals surface area contributed by atoms with Gasteiger partial charge in [0.1, 0.15) is 18.1 Å². The van der Waals surface area contributed by atoms with Crippen LogP contribution in [0.2, 0.25) is 0 Å². The average Bonchev–Trinajstić information content (AvgIpc) is 2.47. The van der Waals surface area contributed by atoms with Crippen LogP contribution in [0.4, 0.5) is 0 Å². The predicted octanol–water partition coefficient (Wildman–Crippen LogP) is 2.66. The molecule has 0 bridgehead atoms. The first kappa shape index (κ1) is 13.4. The molecule has 0 aliphatic heterocycles. The van der Waals surface area contributed by atoms with Crippen LogP contribution in [-0.4, -0.2) is 25.4 Å². The molecule has 0 saturated heterocycles. The number of hydrogen-bond acceptors (Lipinski definition) is 3. The van der Waals surface area contributed by atoms with E-state index in [9.17, 15) is 0 Å².